The lowest BCUT2D eigenvalue weighted by atomic mass is 9.84. The summed E-state index contributed by atoms with van der Waals surface area (Å²) < 4.78 is 35.7. The fourth-order valence-electron chi connectivity index (χ4n) is 2.52. The van der Waals surface area contributed by atoms with Crippen LogP contribution in [0.25, 0.3) is 0 Å². The molecule has 1 aromatic carbocycles. The maximum absolute atomic E-state index is 13.1. The first kappa shape index (κ1) is 20.7. The van der Waals surface area contributed by atoms with E-state index >= 15 is 0 Å². The molecule has 1 aliphatic rings. The molecule has 2 rings (SSSR count). The molecule has 1 fully saturated rings. The molecule has 0 atom stereocenters. The van der Waals surface area contributed by atoms with Gasteiger partial charge in [0.05, 0.1) is 24.0 Å². The third kappa shape index (κ3) is 4.38. The molecule has 1 aromatic rings. The summed E-state index contributed by atoms with van der Waals surface area (Å²) in [6.07, 6.45) is 4.14. The Morgan fingerprint density at radius 2 is 1.74 bits per heavy atom. The number of hydrogen-bond acceptors (Lipinski definition) is 6. The van der Waals surface area contributed by atoms with Crippen molar-refractivity contribution in [3.05, 3.63) is 59.7 Å². The zero-order valence-electron chi connectivity index (χ0n) is 15.3. The van der Waals surface area contributed by atoms with E-state index in [0.29, 0.717) is 0 Å². The van der Waals surface area contributed by atoms with Gasteiger partial charge in [-0.15, -0.1) is 12.3 Å². The third-order valence-electron chi connectivity index (χ3n) is 4.37. The van der Waals surface area contributed by atoms with Gasteiger partial charge in [0.1, 0.15) is 0 Å². The van der Waals surface area contributed by atoms with Gasteiger partial charge >= 0.3 is 11.9 Å². The number of esters is 2. The summed E-state index contributed by atoms with van der Waals surface area (Å²) in [7, 11) is -1.77. The lowest BCUT2D eigenvalue weighted by molar-refractivity contribution is -0.164. The van der Waals surface area contributed by atoms with E-state index in [0.717, 1.165) is 33.1 Å². The van der Waals surface area contributed by atoms with Gasteiger partial charge in [0.2, 0.25) is 9.84 Å². The van der Waals surface area contributed by atoms with Crippen LogP contribution in [0.5, 0.6) is 0 Å². The van der Waals surface area contributed by atoms with E-state index in [1.807, 2.05) is 0 Å². The van der Waals surface area contributed by atoms with Crippen molar-refractivity contribution in [1.29, 1.82) is 0 Å². The van der Waals surface area contributed by atoms with Crippen molar-refractivity contribution in [2.75, 3.05) is 14.2 Å². The summed E-state index contributed by atoms with van der Waals surface area (Å²) in [5, 5.41) is 0. The van der Waals surface area contributed by atoms with Crippen LogP contribution in [0.3, 0.4) is 0 Å². The Hall–Kier alpha value is -2.63. The van der Waals surface area contributed by atoms with Gasteiger partial charge in [0.25, 0.3) is 0 Å². The Morgan fingerprint density at radius 3 is 2.19 bits per heavy atom. The molecule has 0 aromatic heterocycles. The summed E-state index contributed by atoms with van der Waals surface area (Å²) in [6, 6.07) is 7.77. The molecule has 144 valence electrons. The average molecular weight is 390 g/mol. The van der Waals surface area contributed by atoms with Crippen molar-refractivity contribution in [3.8, 4) is 0 Å². The van der Waals surface area contributed by atoms with Crippen LogP contribution >= 0.6 is 0 Å². The summed E-state index contributed by atoms with van der Waals surface area (Å²) in [5.74, 6) is -1.64. The van der Waals surface area contributed by atoms with Crippen LogP contribution in [0.2, 0.25) is 0 Å². The molecule has 0 unspecified atom stereocenters. The Morgan fingerprint density at radius 1 is 1.19 bits per heavy atom. The Kier molecular flexibility index (Phi) is 6.41. The minimum atomic E-state index is -3.98. The fraction of sp³-hybridized carbons (Fsp3) is 0.350. The molecule has 0 bridgehead atoms. The summed E-state index contributed by atoms with van der Waals surface area (Å²) in [4.78, 5) is 24.6. The van der Waals surface area contributed by atoms with E-state index in [2.05, 4.69) is 12.3 Å². The highest BCUT2D eigenvalue weighted by molar-refractivity contribution is 7.95. The zero-order valence-corrected chi connectivity index (χ0v) is 16.1. The van der Waals surface area contributed by atoms with Gasteiger partial charge < -0.3 is 9.47 Å². The van der Waals surface area contributed by atoms with Crippen LogP contribution in [0.4, 0.5) is 0 Å². The van der Waals surface area contributed by atoms with Crippen molar-refractivity contribution in [2.24, 2.45) is 11.3 Å². The molecule has 0 N–H and O–H groups in total. The van der Waals surface area contributed by atoms with E-state index in [-0.39, 0.29) is 15.7 Å². The Balaban J connectivity index is 2.61. The van der Waals surface area contributed by atoms with Crippen LogP contribution in [-0.4, -0.2) is 34.6 Å². The molecule has 7 heteroatoms. The minimum absolute atomic E-state index is 0.0457. The molecule has 0 radical (unpaired) electrons. The standard InChI is InChI=1S/C20H22O6S/c1-4-20(18(21)25-2,19(22)26-3)14-17(13-12-15-10-11-15)27(23,24)16-8-6-5-7-9-16/h4-9,12,15H,1,10-11,14H2,2-3H3. The molecule has 0 aliphatic heterocycles. The molecule has 27 heavy (non-hydrogen) atoms. The second kappa shape index (κ2) is 8.37. The van der Waals surface area contributed by atoms with Crippen LogP contribution in [0.1, 0.15) is 19.3 Å². The number of carbonyl (C=O) groups is 2. The molecule has 0 amide bonds. The molecular formula is C20H22O6S. The first-order chi connectivity index (χ1) is 12.8. The summed E-state index contributed by atoms with van der Waals surface area (Å²) in [6.45, 7) is 3.54. The monoisotopic (exact) mass is 390 g/mol. The minimum Gasteiger partial charge on any atom is -0.468 e. The number of hydrogen-bond donors (Lipinski definition) is 0. The fourth-order valence-corrected chi connectivity index (χ4v) is 3.96. The smallest absolute Gasteiger partial charge is 0.327 e. The number of ether oxygens (including phenoxy) is 2. The van der Waals surface area contributed by atoms with Crippen molar-refractivity contribution >= 4 is 21.8 Å². The number of benzene rings is 1. The van der Waals surface area contributed by atoms with Gasteiger partial charge in [-0.1, -0.05) is 24.3 Å². The van der Waals surface area contributed by atoms with E-state index < -0.39 is 33.6 Å². The van der Waals surface area contributed by atoms with Crippen molar-refractivity contribution in [3.63, 3.8) is 0 Å². The topological polar surface area (TPSA) is 86.7 Å². The molecular weight excluding hydrogens is 368 g/mol. The normalized spacial score (nSPS) is 13.9. The highest BCUT2D eigenvalue weighted by Gasteiger charge is 2.48. The van der Waals surface area contributed by atoms with Gasteiger partial charge in [-0.25, -0.2) is 8.42 Å². The number of methoxy groups -OCH3 is 2. The number of carbonyl (C=O) groups excluding carboxylic acids is 2. The number of rotatable bonds is 8. The second-order valence-electron chi connectivity index (χ2n) is 6.22. The molecule has 1 saturated carbocycles. The summed E-state index contributed by atoms with van der Waals surface area (Å²) >= 11 is 0. The van der Waals surface area contributed by atoms with Gasteiger partial charge in [0, 0.05) is 6.42 Å². The van der Waals surface area contributed by atoms with E-state index in [1.165, 1.54) is 12.1 Å². The van der Waals surface area contributed by atoms with E-state index in [9.17, 15) is 18.0 Å². The molecule has 0 saturated heterocycles. The van der Waals surface area contributed by atoms with Gasteiger partial charge in [-0.3, -0.25) is 9.59 Å². The average Bonchev–Trinajstić information content (AvgIpc) is 3.52. The SMILES string of the molecule is C=CC(CC(=C=CC1CC1)S(=O)(=O)c1ccccc1)(C(=O)OC)C(=O)OC. The predicted molar refractivity (Wildman–Crippen MR) is 99.2 cm³/mol. The maximum atomic E-state index is 13.1. The van der Waals surface area contributed by atoms with E-state index in [4.69, 9.17) is 9.47 Å². The third-order valence-corrected chi connectivity index (χ3v) is 6.17. The largest absolute Gasteiger partial charge is 0.468 e. The first-order valence-corrected chi connectivity index (χ1v) is 9.86. The van der Waals surface area contributed by atoms with Crippen LogP contribution in [-0.2, 0) is 28.9 Å². The van der Waals surface area contributed by atoms with Crippen molar-refractivity contribution < 1.29 is 27.5 Å². The highest BCUT2D eigenvalue weighted by atomic mass is 32.2. The lowest BCUT2D eigenvalue weighted by Gasteiger charge is -2.25. The van der Waals surface area contributed by atoms with Crippen molar-refractivity contribution in [1.82, 2.24) is 0 Å². The Bertz CT molecular complexity index is 872. The lowest BCUT2D eigenvalue weighted by Crippen LogP contribution is -2.40. The second-order valence-corrected chi connectivity index (χ2v) is 8.19. The Labute approximate surface area is 159 Å². The molecule has 0 spiro atoms. The predicted octanol–water partition coefficient (Wildman–Crippen LogP) is 2.82. The van der Waals surface area contributed by atoms with Crippen LogP contribution in [0.15, 0.2) is 64.6 Å². The number of allylic oxidation sites excluding steroid dienone is 1. The quantitative estimate of drug-likeness (QED) is 0.294. The van der Waals surface area contributed by atoms with Crippen LogP contribution < -0.4 is 0 Å². The maximum Gasteiger partial charge on any atom is 0.327 e. The van der Waals surface area contributed by atoms with Gasteiger partial charge in [-0.2, -0.15) is 0 Å². The summed E-state index contributed by atoms with van der Waals surface area (Å²) in [5.41, 5.74) is 0.827. The van der Waals surface area contributed by atoms with E-state index in [1.54, 1.807) is 24.3 Å². The number of sulfone groups is 1. The highest BCUT2D eigenvalue weighted by Crippen LogP contribution is 2.36. The molecule has 1 aliphatic carbocycles. The van der Waals surface area contributed by atoms with Gasteiger partial charge in [0.15, 0.2) is 5.41 Å². The van der Waals surface area contributed by atoms with Gasteiger partial charge in [-0.05, 0) is 37.0 Å². The van der Waals surface area contributed by atoms with Crippen molar-refractivity contribution in [2.45, 2.75) is 24.2 Å². The molecule has 6 nitrogen and oxygen atoms in total. The first-order valence-electron chi connectivity index (χ1n) is 8.38. The van der Waals surface area contributed by atoms with Crippen LogP contribution in [0, 0.1) is 11.3 Å². The molecule has 0 heterocycles. The zero-order chi connectivity index (χ0) is 20.1.